The molecule has 0 spiro atoms. The third-order valence-corrected chi connectivity index (χ3v) is 3.25. The minimum Gasteiger partial charge on any atom is -0.271 e. The minimum absolute atomic E-state index is 0.0137. The van der Waals surface area contributed by atoms with Crippen molar-refractivity contribution in [1.82, 2.24) is 15.2 Å². The molecule has 0 bridgehead atoms. The summed E-state index contributed by atoms with van der Waals surface area (Å²) < 4.78 is 27.7. The monoisotopic (exact) mass is 280 g/mol. The second kappa shape index (κ2) is 6.45. The van der Waals surface area contributed by atoms with Gasteiger partial charge in [-0.1, -0.05) is 13.8 Å². The fourth-order valence-corrected chi connectivity index (χ4v) is 1.97. The van der Waals surface area contributed by atoms with Gasteiger partial charge in [-0.15, -0.1) is 0 Å². The van der Waals surface area contributed by atoms with Crippen molar-refractivity contribution in [2.45, 2.75) is 50.6 Å². The van der Waals surface area contributed by atoms with E-state index in [1.807, 2.05) is 5.43 Å². The van der Waals surface area contributed by atoms with Crippen molar-refractivity contribution in [1.29, 1.82) is 0 Å². The molecule has 0 amide bonds. The van der Waals surface area contributed by atoms with Gasteiger partial charge in [0.15, 0.2) is 0 Å². The van der Waals surface area contributed by atoms with E-state index >= 15 is 0 Å². The molecule has 0 saturated carbocycles. The molecule has 18 heavy (non-hydrogen) atoms. The number of nitrogens with one attached hydrogen (secondary N) is 1. The number of hydrogen-bond donors (Lipinski definition) is 2. The Morgan fingerprint density at radius 3 is 2.56 bits per heavy atom. The Labute approximate surface area is 110 Å². The van der Waals surface area contributed by atoms with E-state index in [-0.39, 0.29) is 6.42 Å². The van der Waals surface area contributed by atoms with Crippen molar-refractivity contribution in [3.63, 3.8) is 0 Å². The van der Waals surface area contributed by atoms with Crippen molar-refractivity contribution in [3.8, 4) is 0 Å². The summed E-state index contributed by atoms with van der Waals surface area (Å²) in [6.45, 7) is 4.12. The van der Waals surface area contributed by atoms with Gasteiger partial charge < -0.3 is 0 Å². The first-order valence-corrected chi connectivity index (χ1v) is 6.37. The van der Waals surface area contributed by atoms with Crippen LogP contribution >= 0.6 is 11.6 Å². The fourth-order valence-electron chi connectivity index (χ4n) is 1.83. The molecular weight excluding hydrogens is 262 g/mol. The van der Waals surface area contributed by atoms with Gasteiger partial charge >= 0.3 is 5.38 Å². The number of rotatable bonds is 7. The summed E-state index contributed by atoms with van der Waals surface area (Å²) in [6, 6.07) is 0.675. The summed E-state index contributed by atoms with van der Waals surface area (Å²) in [7, 11) is 0. The standard InChI is InChI=1S/C11H19ClF2N4/c1-3-9(4-2)18-6-5-8(17-18)7-10(16-15)11(12,13)14/h5-6,9-10,16H,3-4,7,15H2,1-2H3. The first-order chi connectivity index (χ1) is 8.42. The first kappa shape index (κ1) is 15.3. The topological polar surface area (TPSA) is 55.9 Å². The highest BCUT2D eigenvalue weighted by molar-refractivity contribution is 6.22. The lowest BCUT2D eigenvalue weighted by Crippen LogP contribution is -2.47. The third kappa shape index (κ3) is 3.90. The molecular formula is C11H19ClF2N4. The van der Waals surface area contributed by atoms with Crippen molar-refractivity contribution in [2.24, 2.45) is 5.84 Å². The zero-order valence-corrected chi connectivity index (χ0v) is 11.3. The van der Waals surface area contributed by atoms with Crippen molar-refractivity contribution < 1.29 is 8.78 Å². The summed E-state index contributed by atoms with van der Waals surface area (Å²) >= 11 is 4.96. The van der Waals surface area contributed by atoms with Gasteiger partial charge in [-0.05, 0) is 30.5 Å². The Morgan fingerprint density at radius 2 is 2.11 bits per heavy atom. The summed E-state index contributed by atoms with van der Waals surface area (Å²) in [6.07, 6.45) is 3.68. The van der Waals surface area contributed by atoms with Crippen LogP contribution in [-0.2, 0) is 6.42 Å². The SMILES string of the molecule is CCC(CC)n1ccc(CC(NN)C(F)(F)Cl)n1. The van der Waals surface area contributed by atoms with E-state index < -0.39 is 11.4 Å². The lowest BCUT2D eigenvalue weighted by atomic mass is 10.2. The number of alkyl halides is 3. The average molecular weight is 281 g/mol. The average Bonchev–Trinajstić information content (AvgIpc) is 2.74. The predicted molar refractivity (Wildman–Crippen MR) is 67.5 cm³/mol. The molecule has 1 aromatic rings. The van der Waals surface area contributed by atoms with Crippen LogP contribution < -0.4 is 11.3 Å². The number of nitrogens with two attached hydrogens (primary N) is 1. The molecule has 0 aliphatic carbocycles. The zero-order valence-electron chi connectivity index (χ0n) is 10.5. The van der Waals surface area contributed by atoms with E-state index in [1.165, 1.54) is 0 Å². The number of hydrogen-bond acceptors (Lipinski definition) is 3. The van der Waals surface area contributed by atoms with Crippen LogP contribution in [0.15, 0.2) is 12.3 Å². The third-order valence-electron chi connectivity index (χ3n) is 2.99. The smallest absolute Gasteiger partial charge is 0.271 e. The van der Waals surface area contributed by atoms with Gasteiger partial charge in [0.1, 0.15) is 6.04 Å². The highest BCUT2D eigenvalue weighted by Crippen LogP contribution is 2.25. The Balaban J connectivity index is 2.74. The maximum absolute atomic E-state index is 13.0. The molecule has 1 rings (SSSR count). The maximum Gasteiger partial charge on any atom is 0.338 e. The highest BCUT2D eigenvalue weighted by atomic mass is 35.5. The lowest BCUT2D eigenvalue weighted by molar-refractivity contribution is 0.0498. The molecule has 0 fully saturated rings. The zero-order chi connectivity index (χ0) is 13.8. The second-order valence-electron chi connectivity index (χ2n) is 4.22. The van der Waals surface area contributed by atoms with Crippen molar-refractivity contribution in [3.05, 3.63) is 18.0 Å². The van der Waals surface area contributed by atoms with Crippen LogP contribution in [0.1, 0.15) is 38.4 Å². The summed E-state index contributed by atoms with van der Waals surface area (Å²) in [5.41, 5.74) is 2.57. The molecule has 0 aromatic carbocycles. The van der Waals surface area contributed by atoms with Gasteiger partial charge in [0, 0.05) is 12.6 Å². The summed E-state index contributed by atoms with van der Waals surface area (Å²) in [4.78, 5) is 0. The van der Waals surface area contributed by atoms with Crippen LogP contribution in [0.25, 0.3) is 0 Å². The molecule has 1 heterocycles. The van der Waals surface area contributed by atoms with E-state index in [0.717, 1.165) is 12.8 Å². The summed E-state index contributed by atoms with van der Waals surface area (Å²) in [5, 5.41) is 0.887. The molecule has 1 atom stereocenters. The van der Waals surface area contributed by atoms with E-state index in [9.17, 15) is 8.78 Å². The molecule has 104 valence electrons. The Morgan fingerprint density at radius 1 is 1.50 bits per heavy atom. The van der Waals surface area contributed by atoms with Crippen LogP contribution in [0.4, 0.5) is 8.78 Å². The van der Waals surface area contributed by atoms with Crippen LogP contribution in [0.5, 0.6) is 0 Å². The maximum atomic E-state index is 13.0. The van der Waals surface area contributed by atoms with E-state index in [4.69, 9.17) is 17.4 Å². The molecule has 0 aliphatic rings. The number of nitrogens with zero attached hydrogens (tertiary/aromatic N) is 2. The predicted octanol–water partition coefficient (Wildman–Crippen LogP) is 2.45. The van der Waals surface area contributed by atoms with Gasteiger partial charge in [0.25, 0.3) is 0 Å². The molecule has 0 saturated heterocycles. The van der Waals surface area contributed by atoms with E-state index in [1.54, 1.807) is 16.9 Å². The number of aromatic nitrogens is 2. The Kier molecular flexibility index (Phi) is 5.49. The molecule has 7 heteroatoms. The van der Waals surface area contributed by atoms with Crippen molar-refractivity contribution in [2.75, 3.05) is 0 Å². The molecule has 3 N–H and O–H groups in total. The molecule has 1 unspecified atom stereocenters. The Hall–Kier alpha value is -0.720. The molecule has 0 radical (unpaired) electrons. The lowest BCUT2D eigenvalue weighted by Gasteiger charge is -2.19. The number of hydrazine groups is 1. The highest BCUT2D eigenvalue weighted by Gasteiger charge is 2.36. The largest absolute Gasteiger partial charge is 0.338 e. The van der Waals surface area contributed by atoms with Gasteiger partial charge in [-0.25, -0.2) is 5.43 Å². The minimum atomic E-state index is -3.40. The van der Waals surface area contributed by atoms with Crippen molar-refractivity contribution >= 4 is 11.6 Å². The summed E-state index contributed by atoms with van der Waals surface area (Å²) in [5.74, 6) is 5.08. The van der Waals surface area contributed by atoms with Gasteiger partial charge in [-0.2, -0.15) is 13.9 Å². The van der Waals surface area contributed by atoms with Crippen LogP contribution in [-0.4, -0.2) is 21.2 Å². The van der Waals surface area contributed by atoms with Crippen LogP contribution in [0, 0.1) is 0 Å². The number of halogens is 3. The Bertz CT molecular complexity index is 360. The molecule has 0 aliphatic heterocycles. The van der Waals surface area contributed by atoms with E-state index in [2.05, 4.69) is 18.9 Å². The second-order valence-corrected chi connectivity index (χ2v) is 4.73. The molecule has 4 nitrogen and oxygen atoms in total. The van der Waals surface area contributed by atoms with Gasteiger partial charge in [0.2, 0.25) is 0 Å². The van der Waals surface area contributed by atoms with Crippen LogP contribution in [0.2, 0.25) is 0 Å². The van der Waals surface area contributed by atoms with Gasteiger partial charge in [0.05, 0.1) is 11.7 Å². The first-order valence-electron chi connectivity index (χ1n) is 5.99. The van der Waals surface area contributed by atoms with E-state index in [0.29, 0.717) is 11.7 Å². The van der Waals surface area contributed by atoms with Gasteiger partial charge in [-0.3, -0.25) is 10.5 Å². The normalized spacial score (nSPS) is 14.2. The quantitative estimate of drug-likeness (QED) is 0.458. The fraction of sp³-hybridized carbons (Fsp3) is 0.727. The molecule has 1 aromatic heterocycles. The van der Waals surface area contributed by atoms with Crippen LogP contribution in [0.3, 0.4) is 0 Å².